The molecule has 1 N–H and O–H groups in total. The van der Waals surface area contributed by atoms with Gasteiger partial charge in [-0.2, -0.15) is 0 Å². The number of ether oxygens (including phenoxy) is 1. The van der Waals surface area contributed by atoms with Gasteiger partial charge in [0.2, 0.25) is 11.8 Å². The van der Waals surface area contributed by atoms with E-state index in [2.05, 4.69) is 4.90 Å². The number of thioether (sulfide) groups is 1. The number of carbonyl (C=O) groups is 1. The van der Waals surface area contributed by atoms with Gasteiger partial charge in [0.05, 0.1) is 15.5 Å². The molecule has 5 rings (SSSR count). The summed E-state index contributed by atoms with van der Waals surface area (Å²) in [4.78, 5) is 15.1. The number of benzene rings is 1. The molecular formula is C28H38F6N2O4S2. The minimum Gasteiger partial charge on any atom is -0.491 e. The van der Waals surface area contributed by atoms with Gasteiger partial charge in [-0.1, -0.05) is 19.8 Å². The number of aliphatic carboxylic acids is 1. The number of carboxylic acid groups (broad SMARTS) is 1. The summed E-state index contributed by atoms with van der Waals surface area (Å²) in [6.45, 7) is 3.14. The van der Waals surface area contributed by atoms with E-state index in [1.165, 1.54) is 18.7 Å². The fourth-order valence-electron chi connectivity index (χ4n) is 5.65. The Morgan fingerprint density at radius 2 is 1.71 bits per heavy atom. The Kier molecular flexibility index (Phi) is 9.79. The predicted octanol–water partition coefficient (Wildman–Crippen LogP) is 7.22. The van der Waals surface area contributed by atoms with Crippen molar-refractivity contribution >= 4 is 34.4 Å². The van der Waals surface area contributed by atoms with Crippen LogP contribution in [0.2, 0.25) is 0 Å². The van der Waals surface area contributed by atoms with Crippen LogP contribution in [0.5, 0.6) is 5.75 Å². The molecule has 1 unspecified atom stereocenters. The minimum absolute atomic E-state index is 0.0625. The average molecular weight is 645 g/mol. The molecule has 0 spiro atoms. The molecule has 3 saturated carbocycles. The molecule has 1 aromatic rings. The Bertz CT molecular complexity index is 1160. The summed E-state index contributed by atoms with van der Waals surface area (Å²) in [7, 11) is 0.240. The maximum Gasteiger partial charge on any atom is 0.313 e. The number of carboxylic acids is 1. The van der Waals surface area contributed by atoms with Crippen LogP contribution in [0.15, 0.2) is 21.9 Å². The Labute approximate surface area is 249 Å². The first-order valence-electron chi connectivity index (χ1n) is 14.2. The molecule has 1 aliphatic heterocycles. The molecule has 14 heteroatoms. The number of anilines is 1. The van der Waals surface area contributed by atoms with Crippen molar-refractivity contribution in [2.75, 3.05) is 31.6 Å². The van der Waals surface area contributed by atoms with Crippen LogP contribution >= 0.6 is 11.8 Å². The van der Waals surface area contributed by atoms with Crippen LogP contribution in [0.25, 0.3) is 0 Å². The van der Waals surface area contributed by atoms with Crippen LogP contribution in [-0.4, -0.2) is 75.4 Å². The van der Waals surface area contributed by atoms with Crippen LogP contribution in [0.4, 0.5) is 32.0 Å². The highest BCUT2D eigenvalue weighted by Crippen LogP contribution is 2.54. The van der Waals surface area contributed by atoms with Gasteiger partial charge in [0.15, 0.2) is 0 Å². The fourth-order valence-corrected chi connectivity index (χ4v) is 8.23. The maximum atomic E-state index is 13.6. The van der Waals surface area contributed by atoms with Crippen molar-refractivity contribution in [3.05, 3.63) is 12.1 Å². The highest BCUT2D eigenvalue weighted by atomic mass is 32.2. The van der Waals surface area contributed by atoms with Crippen LogP contribution in [0, 0.1) is 5.41 Å². The Hall–Kier alpha value is -1.67. The number of nitrogens with zero attached hydrogens (tertiary/aromatic N) is 2. The average Bonchev–Trinajstić information content (AvgIpc) is 3.36. The number of hydrogen-bond donors (Lipinski definition) is 1. The molecule has 3 fully saturated rings. The summed E-state index contributed by atoms with van der Waals surface area (Å²) in [5.74, 6) is -9.38. The molecular weight excluding hydrogens is 606 g/mol. The van der Waals surface area contributed by atoms with Crippen molar-refractivity contribution in [2.45, 2.75) is 110 Å². The third-order valence-electron chi connectivity index (χ3n) is 8.35. The topological polar surface area (TPSA) is 70.1 Å². The molecule has 1 heterocycles. The van der Waals surface area contributed by atoms with Crippen LogP contribution in [0.1, 0.15) is 71.6 Å². The molecule has 0 bridgehead atoms. The first-order valence-corrected chi connectivity index (χ1v) is 16.2. The number of halogens is 6. The largest absolute Gasteiger partial charge is 0.491 e. The monoisotopic (exact) mass is 644 g/mol. The van der Waals surface area contributed by atoms with Gasteiger partial charge >= 0.3 is 5.97 Å². The maximum absolute atomic E-state index is 13.6. The van der Waals surface area contributed by atoms with E-state index >= 15 is 0 Å². The number of rotatable bonds is 8. The van der Waals surface area contributed by atoms with E-state index in [4.69, 9.17) is 4.74 Å². The molecule has 0 aromatic heterocycles. The summed E-state index contributed by atoms with van der Waals surface area (Å²) < 4.78 is 98.2. The summed E-state index contributed by atoms with van der Waals surface area (Å²) >= 11 is 1.23. The molecule has 3 aliphatic carbocycles. The van der Waals surface area contributed by atoms with E-state index in [1.807, 2.05) is 6.07 Å². The van der Waals surface area contributed by atoms with Gasteiger partial charge in [-0.25, -0.2) is 34.9 Å². The second-order valence-corrected chi connectivity index (χ2v) is 14.9. The third kappa shape index (κ3) is 7.69. The zero-order chi connectivity index (χ0) is 31.1. The molecule has 6 nitrogen and oxygen atoms in total. The second kappa shape index (κ2) is 12.4. The van der Waals surface area contributed by atoms with Crippen molar-refractivity contribution in [3.63, 3.8) is 0 Å². The first kappa shape index (κ1) is 33.2. The first-order chi connectivity index (χ1) is 19.4. The van der Waals surface area contributed by atoms with E-state index in [9.17, 15) is 40.5 Å². The molecule has 1 aromatic carbocycles. The number of likely N-dealkylation sites (N-methyl/N-ethyl adjacent to an activating group) is 1. The predicted molar refractivity (Wildman–Crippen MR) is 150 cm³/mol. The highest BCUT2D eigenvalue weighted by Gasteiger charge is 2.62. The molecule has 0 saturated heterocycles. The zero-order valence-electron chi connectivity index (χ0n) is 23.9. The lowest BCUT2D eigenvalue weighted by atomic mass is 9.66. The van der Waals surface area contributed by atoms with Crippen LogP contribution < -0.4 is 9.64 Å². The van der Waals surface area contributed by atoms with Gasteiger partial charge in [-0.3, -0.25) is 4.79 Å². The lowest BCUT2D eigenvalue weighted by Crippen LogP contribution is -2.54. The molecule has 0 radical (unpaired) electrons. The normalized spacial score (nSPS) is 25.4. The fraction of sp³-hybridized carbons (Fsp3) is 0.750. The molecule has 0 amide bonds. The van der Waals surface area contributed by atoms with Gasteiger partial charge in [-0.15, -0.1) is 11.8 Å². The number of alkyl halides is 6. The Morgan fingerprint density at radius 3 is 2.21 bits per heavy atom. The Morgan fingerprint density at radius 1 is 1.12 bits per heavy atom. The summed E-state index contributed by atoms with van der Waals surface area (Å²) in [6.07, 6.45) is 1.99. The SMILES string of the molecule is CCC(C)(F)F.CN1CCN(C2CCCC2)c2cc(SC3CC(F)(F)C3)c(OCC3(C(=O)O)CC(F)(F)C3)cc2S1=O. The standard InChI is InChI=1S/C24H30F4N2O4S2.C4H8F2/c1-29-6-7-30(15-4-2-3-5-15)17-8-19(35-16-10-23(25,26)11-16)18(9-20(17)36(29)33)34-14-22(21(31)32)12-24(27,28)13-22;1-3-4(2,5)6/h8-9,15-16H,2-7,10-14H2,1H3,(H,31,32);3H2,1-2H3. The van der Waals surface area contributed by atoms with Gasteiger partial charge in [0.25, 0.3) is 5.92 Å². The van der Waals surface area contributed by atoms with Crippen molar-refractivity contribution < 1.29 is 45.2 Å². The highest BCUT2D eigenvalue weighted by molar-refractivity contribution is 8.00. The van der Waals surface area contributed by atoms with Crippen molar-refractivity contribution in [3.8, 4) is 5.75 Å². The van der Waals surface area contributed by atoms with Crippen LogP contribution in [-0.2, 0) is 15.8 Å². The molecule has 1 atom stereocenters. The van der Waals surface area contributed by atoms with E-state index < -0.39 is 59.6 Å². The van der Waals surface area contributed by atoms with Crippen molar-refractivity contribution in [1.82, 2.24) is 4.31 Å². The quantitative estimate of drug-likeness (QED) is 0.302. The molecule has 42 heavy (non-hydrogen) atoms. The van der Waals surface area contributed by atoms with Gasteiger partial charge in [-0.05, 0) is 25.8 Å². The molecule has 4 aliphatic rings. The van der Waals surface area contributed by atoms with E-state index in [1.54, 1.807) is 17.4 Å². The van der Waals surface area contributed by atoms with Gasteiger partial charge in [0.1, 0.15) is 28.8 Å². The third-order valence-corrected chi connectivity index (χ3v) is 11.0. The smallest absolute Gasteiger partial charge is 0.313 e. The van der Waals surface area contributed by atoms with Gasteiger partial charge in [0, 0.05) is 69.6 Å². The number of hydrogen-bond acceptors (Lipinski definition) is 5. The second-order valence-electron chi connectivity index (χ2n) is 12.0. The molecule has 238 valence electrons. The van der Waals surface area contributed by atoms with E-state index in [0.717, 1.165) is 38.3 Å². The van der Waals surface area contributed by atoms with E-state index in [-0.39, 0.29) is 36.3 Å². The van der Waals surface area contributed by atoms with Crippen molar-refractivity contribution in [1.29, 1.82) is 0 Å². The van der Waals surface area contributed by atoms with Gasteiger partial charge < -0.3 is 14.7 Å². The summed E-state index contributed by atoms with van der Waals surface area (Å²) in [6, 6.07) is 3.71. The van der Waals surface area contributed by atoms with Crippen molar-refractivity contribution in [2.24, 2.45) is 5.41 Å². The van der Waals surface area contributed by atoms with Crippen LogP contribution in [0.3, 0.4) is 0 Å². The summed E-state index contributed by atoms with van der Waals surface area (Å²) in [5.41, 5.74) is -0.943. The van der Waals surface area contributed by atoms with E-state index in [0.29, 0.717) is 22.9 Å². The lowest BCUT2D eigenvalue weighted by molar-refractivity contribution is -0.199. The zero-order valence-corrected chi connectivity index (χ0v) is 25.6. The summed E-state index contributed by atoms with van der Waals surface area (Å²) in [5, 5.41) is 9.27. The minimum atomic E-state index is -3.06. The lowest BCUT2D eigenvalue weighted by Gasteiger charge is -2.43. The number of fused-ring (bicyclic) bond motifs is 1. The Balaban J connectivity index is 0.000000612.